The first-order valence-electron chi connectivity index (χ1n) is 6.84. The molecule has 0 aromatic heterocycles. The Labute approximate surface area is 110 Å². The van der Waals surface area contributed by atoms with Crippen molar-refractivity contribution in [1.29, 1.82) is 0 Å². The predicted octanol–water partition coefficient (Wildman–Crippen LogP) is 3.71. The molecule has 0 radical (unpaired) electrons. The van der Waals surface area contributed by atoms with Crippen LogP contribution in [0.3, 0.4) is 0 Å². The van der Waals surface area contributed by atoms with Crippen molar-refractivity contribution in [1.82, 2.24) is 0 Å². The zero-order valence-corrected chi connectivity index (χ0v) is 11.9. The number of rotatable bonds is 2. The Bertz CT molecular complexity index is 439. The minimum atomic E-state index is -0.640. The molecule has 18 heavy (non-hydrogen) atoms. The Kier molecular flexibility index (Phi) is 3.67. The summed E-state index contributed by atoms with van der Waals surface area (Å²) < 4.78 is 5.34. The highest BCUT2D eigenvalue weighted by Crippen LogP contribution is 2.42. The topological polar surface area (TPSA) is 29.5 Å². The maximum absolute atomic E-state index is 10.9. The molecule has 2 nitrogen and oxygen atoms in total. The Morgan fingerprint density at radius 2 is 2.00 bits per heavy atom. The summed E-state index contributed by atoms with van der Waals surface area (Å²) in [6.07, 6.45) is 4.10. The fraction of sp³-hybridized carbons (Fsp3) is 0.625. The fourth-order valence-electron chi connectivity index (χ4n) is 3.28. The number of ether oxygens (including phenoxy) is 1. The number of aryl methyl sites for hydroxylation is 2. The van der Waals surface area contributed by atoms with Crippen molar-refractivity contribution in [3.8, 4) is 5.75 Å². The molecule has 1 aromatic carbocycles. The van der Waals surface area contributed by atoms with E-state index in [1.165, 1.54) is 6.42 Å². The van der Waals surface area contributed by atoms with Crippen LogP contribution < -0.4 is 4.74 Å². The number of hydrogen-bond donors (Lipinski definition) is 1. The summed E-state index contributed by atoms with van der Waals surface area (Å²) in [4.78, 5) is 0. The molecule has 0 spiro atoms. The van der Waals surface area contributed by atoms with Crippen LogP contribution in [0.4, 0.5) is 0 Å². The molecule has 1 N–H and O–H groups in total. The first-order valence-corrected chi connectivity index (χ1v) is 6.84. The minimum Gasteiger partial charge on any atom is -0.496 e. The largest absolute Gasteiger partial charge is 0.496 e. The van der Waals surface area contributed by atoms with Gasteiger partial charge >= 0.3 is 0 Å². The van der Waals surface area contributed by atoms with Crippen LogP contribution in [0.2, 0.25) is 0 Å². The van der Waals surface area contributed by atoms with Crippen LogP contribution in [0.5, 0.6) is 5.75 Å². The summed E-state index contributed by atoms with van der Waals surface area (Å²) in [5, 5.41) is 10.9. The molecule has 0 heterocycles. The average molecular weight is 248 g/mol. The second-order valence-corrected chi connectivity index (χ2v) is 5.87. The van der Waals surface area contributed by atoms with Crippen molar-refractivity contribution in [3.05, 3.63) is 28.8 Å². The van der Waals surface area contributed by atoms with Gasteiger partial charge in [-0.1, -0.05) is 13.3 Å². The molecule has 0 aliphatic heterocycles. The molecule has 2 unspecified atom stereocenters. The SMILES string of the molecule is COc1cc(C)c(C2(O)CCCC(C)C2)cc1C. The third kappa shape index (κ3) is 2.39. The number of aliphatic hydroxyl groups is 1. The van der Waals surface area contributed by atoms with Crippen LogP contribution in [0.15, 0.2) is 12.1 Å². The van der Waals surface area contributed by atoms with Gasteiger partial charge in [-0.15, -0.1) is 0 Å². The third-order valence-electron chi connectivity index (χ3n) is 4.22. The lowest BCUT2D eigenvalue weighted by atomic mass is 9.73. The molecule has 2 atom stereocenters. The van der Waals surface area contributed by atoms with Gasteiger partial charge in [0, 0.05) is 0 Å². The van der Waals surface area contributed by atoms with Crippen LogP contribution in [0, 0.1) is 19.8 Å². The van der Waals surface area contributed by atoms with Gasteiger partial charge in [0.15, 0.2) is 0 Å². The van der Waals surface area contributed by atoms with E-state index in [9.17, 15) is 5.11 Å². The summed E-state index contributed by atoms with van der Waals surface area (Å²) >= 11 is 0. The Morgan fingerprint density at radius 3 is 2.61 bits per heavy atom. The van der Waals surface area contributed by atoms with E-state index < -0.39 is 5.60 Å². The van der Waals surface area contributed by atoms with E-state index >= 15 is 0 Å². The van der Waals surface area contributed by atoms with E-state index in [-0.39, 0.29) is 0 Å². The fourth-order valence-corrected chi connectivity index (χ4v) is 3.28. The monoisotopic (exact) mass is 248 g/mol. The molecule has 0 bridgehead atoms. The maximum Gasteiger partial charge on any atom is 0.122 e. The average Bonchev–Trinajstić information content (AvgIpc) is 2.31. The highest BCUT2D eigenvalue weighted by atomic mass is 16.5. The van der Waals surface area contributed by atoms with Crippen LogP contribution in [-0.2, 0) is 5.60 Å². The van der Waals surface area contributed by atoms with Gasteiger partial charge in [0.25, 0.3) is 0 Å². The van der Waals surface area contributed by atoms with Gasteiger partial charge in [-0.3, -0.25) is 0 Å². The van der Waals surface area contributed by atoms with Gasteiger partial charge in [0.2, 0.25) is 0 Å². The molecule has 1 fully saturated rings. The molecule has 1 aliphatic rings. The summed E-state index contributed by atoms with van der Waals surface area (Å²) in [7, 11) is 1.69. The zero-order valence-electron chi connectivity index (χ0n) is 11.9. The van der Waals surface area contributed by atoms with Gasteiger partial charge < -0.3 is 9.84 Å². The second-order valence-electron chi connectivity index (χ2n) is 5.87. The van der Waals surface area contributed by atoms with E-state index in [0.29, 0.717) is 5.92 Å². The summed E-state index contributed by atoms with van der Waals surface area (Å²) in [5.74, 6) is 1.51. The number of hydrogen-bond acceptors (Lipinski definition) is 2. The number of methoxy groups -OCH3 is 1. The molecule has 100 valence electrons. The third-order valence-corrected chi connectivity index (χ3v) is 4.22. The molecule has 2 rings (SSSR count). The van der Waals surface area contributed by atoms with Crippen molar-refractivity contribution < 1.29 is 9.84 Å². The minimum absolute atomic E-state index is 0.602. The lowest BCUT2D eigenvalue weighted by molar-refractivity contribution is -0.0184. The van der Waals surface area contributed by atoms with E-state index in [1.54, 1.807) is 7.11 Å². The van der Waals surface area contributed by atoms with Crippen molar-refractivity contribution in [2.75, 3.05) is 7.11 Å². The second kappa shape index (κ2) is 4.93. The quantitative estimate of drug-likeness (QED) is 0.864. The molecule has 1 aromatic rings. The van der Waals surface area contributed by atoms with Crippen LogP contribution in [0.1, 0.15) is 49.3 Å². The first kappa shape index (κ1) is 13.4. The molecule has 2 heteroatoms. The molecular weight excluding hydrogens is 224 g/mol. The lowest BCUT2D eigenvalue weighted by Crippen LogP contribution is -2.32. The Balaban J connectivity index is 2.41. The van der Waals surface area contributed by atoms with E-state index in [2.05, 4.69) is 19.9 Å². The maximum atomic E-state index is 10.9. The summed E-state index contributed by atoms with van der Waals surface area (Å²) in [6.45, 7) is 6.34. The van der Waals surface area contributed by atoms with E-state index in [4.69, 9.17) is 4.74 Å². The van der Waals surface area contributed by atoms with Gasteiger partial charge in [0.05, 0.1) is 12.7 Å². The first-order chi connectivity index (χ1) is 8.46. The Morgan fingerprint density at radius 1 is 1.28 bits per heavy atom. The highest BCUT2D eigenvalue weighted by molar-refractivity contribution is 5.44. The summed E-state index contributed by atoms with van der Waals surface area (Å²) in [6, 6.07) is 4.15. The summed E-state index contributed by atoms with van der Waals surface area (Å²) in [5.41, 5.74) is 2.69. The van der Waals surface area contributed by atoms with Gasteiger partial charge in [0.1, 0.15) is 5.75 Å². The number of benzene rings is 1. The van der Waals surface area contributed by atoms with Crippen molar-refractivity contribution in [2.24, 2.45) is 5.92 Å². The zero-order chi connectivity index (χ0) is 13.3. The molecule has 1 saturated carbocycles. The molecule has 1 aliphatic carbocycles. The van der Waals surface area contributed by atoms with Gasteiger partial charge in [-0.05, 0) is 67.9 Å². The van der Waals surface area contributed by atoms with Gasteiger partial charge in [-0.2, -0.15) is 0 Å². The normalized spacial score (nSPS) is 28.2. The van der Waals surface area contributed by atoms with Crippen molar-refractivity contribution in [3.63, 3.8) is 0 Å². The van der Waals surface area contributed by atoms with Crippen molar-refractivity contribution in [2.45, 2.75) is 52.1 Å². The van der Waals surface area contributed by atoms with E-state index in [1.807, 2.05) is 13.0 Å². The van der Waals surface area contributed by atoms with Crippen LogP contribution in [-0.4, -0.2) is 12.2 Å². The predicted molar refractivity (Wildman–Crippen MR) is 74.0 cm³/mol. The Hall–Kier alpha value is -1.02. The van der Waals surface area contributed by atoms with Crippen molar-refractivity contribution >= 4 is 0 Å². The molecule has 0 amide bonds. The lowest BCUT2D eigenvalue weighted by Gasteiger charge is -2.37. The highest BCUT2D eigenvalue weighted by Gasteiger charge is 2.35. The standard InChI is InChI=1S/C16H24O2/c1-11-6-5-7-16(17,10-11)14-8-13(3)15(18-4)9-12(14)2/h8-9,11,17H,5-7,10H2,1-4H3. The molecular formula is C16H24O2. The van der Waals surface area contributed by atoms with Crippen LogP contribution in [0.25, 0.3) is 0 Å². The van der Waals surface area contributed by atoms with E-state index in [0.717, 1.165) is 41.7 Å². The smallest absolute Gasteiger partial charge is 0.122 e. The van der Waals surface area contributed by atoms with Gasteiger partial charge in [-0.25, -0.2) is 0 Å². The van der Waals surface area contributed by atoms with Crippen LogP contribution >= 0.6 is 0 Å². The molecule has 0 saturated heterocycles.